The fraction of sp³-hybridized carbons (Fsp3) is 0.300. The predicted molar refractivity (Wildman–Crippen MR) is 64.4 cm³/mol. The van der Waals surface area contributed by atoms with Crippen LogP contribution in [0.1, 0.15) is 10.4 Å². The molecular weight excluding hydrogens is 301 g/mol. The predicted octanol–water partition coefficient (Wildman–Crippen LogP) is 1.28. The van der Waals surface area contributed by atoms with E-state index in [9.17, 15) is 26.4 Å². The summed E-state index contributed by atoms with van der Waals surface area (Å²) in [6, 6.07) is 5.14. The molecule has 0 aliphatic rings. The van der Waals surface area contributed by atoms with E-state index in [-0.39, 0.29) is 11.3 Å². The molecule has 0 heterocycles. The first-order valence-electron chi connectivity index (χ1n) is 5.15. The number of anilines is 1. The molecule has 0 aliphatic heterocycles. The van der Waals surface area contributed by atoms with Crippen LogP contribution in [-0.2, 0) is 14.9 Å². The molecule has 0 atom stereocenters. The largest absolute Gasteiger partial charge is 0.465 e. The summed E-state index contributed by atoms with van der Waals surface area (Å²) in [6.45, 7) is -1.70. The molecule has 0 fully saturated rings. The van der Waals surface area contributed by atoms with Crippen molar-refractivity contribution in [3.05, 3.63) is 29.8 Å². The minimum atomic E-state index is -4.66. The zero-order valence-corrected chi connectivity index (χ0v) is 11.0. The summed E-state index contributed by atoms with van der Waals surface area (Å²) in [4.78, 5) is 11.2. The van der Waals surface area contributed by atoms with Gasteiger partial charge in [0.25, 0.3) is 10.2 Å². The lowest BCUT2D eigenvalue weighted by Gasteiger charge is -2.11. The summed E-state index contributed by atoms with van der Waals surface area (Å²) in [5, 5.41) is 0. The number of nitrogens with one attached hydrogen (secondary N) is 2. The first-order chi connectivity index (χ1) is 9.13. The average molecular weight is 312 g/mol. The van der Waals surface area contributed by atoms with Crippen molar-refractivity contribution >= 4 is 21.9 Å². The van der Waals surface area contributed by atoms with Crippen LogP contribution < -0.4 is 9.44 Å². The minimum absolute atomic E-state index is 0.0588. The van der Waals surface area contributed by atoms with Crippen LogP contribution in [0.5, 0.6) is 0 Å². The van der Waals surface area contributed by atoms with E-state index in [4.69, 9.17) is 0 Å². The van der Waals surface area contributed by atoms with Gasteiger partial charge in [0.2, 0.25) is 0 Å². The van der Waals surface area contributed by atoms with Crippen molar-refractivity contribution in [3.8, 4) is 0 Å². The van der Waals surface area contributed by atoms with Crippen molar-refractivity contribution in [2.24, 2.45) is 0 Å². The third kappa shape index (κ3) is 5.45. The SMILES string of the molecule is COC(=O)c1cccc(NS(=O)(=O)NCC(F)(F)F)c1. The zero-order valence-electron chi connectivity index (χ0n) is 10.2. The van der Waals surface area contributed by atoms with Gasteiger partial charge in [0, 0.05) is 0 Å². The van der Waals surface area contributed by atoms with Gasteiger partial charge in [-0.3, -0.25) is 4.72 Å². The van der Waals surface area contributed by atoms with E-state index in [1.54, 1.807) is 0 Å². The molecule has 1 aromatic rings. The van der Waals surface area contributed by atoms with Crippen LogP contribution in [0.2, 0.25) is 0 Å². The molecule has 0 radical (unpaired) electrons. The first-order valence-corrected chi connectivity index (χ1v) is 6.64. The molecule has 0 amide bonds. The van der Waals surface area contributed by atoms with Crippen molar-refractivity contribution in [1.82, 2.24) is 4.72 Å². The van der Waals surface area contributed by atoms with E-state index in [0.29, 0.717) is 0 Å². The van der Waals surface area contributed by atoms with E-state index in [1.807, 2.05) is 4.72 Å². The molecule has 112 valence electrons. The highest BCUT2D eigenvalue weighted by Crippen LogP contribution is 2.15. The lowest BCUT2D eigenvalue weighted by Crippen LogP contribution is -2.37. The van der Waals surface area contributed by atoms with E-state index < -0.39 is 28.9 Å². The van der Waals surface area contributed by atoms with Crippen LogP contribution >= 0.6 is 0 Å². The van der Waals surface area contributed by atoms with Crippen LogP contribution in [0.3, 0.4) is 0 Å². The quantitative estimate of drug-likeness (QED) is 0.802. The van der Waals surface area contributed by atoms with Crippen molar-refractivity contribution in [2.75, 3.05) is 18.4 Å². The summed E-state index contributed by atoms with van der Waals surface area (Å²) >= 11 is 0. The van der Waals surface area contributed by atoms with Crippen molar-refractivity contribution in [1.29, 1.82) is 0 Å². The van der Waals surface area contributed by atoms with E-state index in [2.05, 4.69) is 4.74 Å². The summed E-state index contributed by atoms with van der Waals surface area (Å²) in [5.41, 5.74) is -0.00824. The number of carbonyl (C=O) groups is 1. The van der Waals surface area contributed by atoms with Crippen molar-refractivity contribution < 1.29 is 31.1 Å². The van der Waals surface area contributed by atoms with Crippen molar-refractivity contribution in [3.63, 3.8) is 0 Å². The molecule has 2 N–H and O–H groups in total. The molecule has 0 saturated carbocycles. The fourth-order valence-electron chi connectivity index (χ4n) is 1.20. The number of carbonyl (C=O) groups excluding carboxylic acids is 1. The van der Waals surface area contributed by atoms with Gasteiger partial charge >= 0.3 is 12.1 Å². The third-order valence-corrected chi connectivity index (χ3v) is 3.03. The number of methoxy groups -OCH3 is 1. The molecule has 0 bridgehead atoms. The van der Waals surface area contributed by atoms with Gasteiger partial charge in [-0.25, -0.2) is 4.79 Å². The van der Waals surface area contributed by atoms with Gasteiger partial charge in [-0.15, -0.1) is 0 Å². The molecule has 10 heteroatoms. The molecule has 1 aromatic carbocycles. The van der Waals surface area contributed by atoms with Crippen LogP contribution in [0.25, 0.3) is 0 Å². The topological polar surface area (TPSA) is 84.5 Å². The van der Waals surface area contributed by atoms with Gasteiger partial charge < -0.3 is 4.74 Å². The second kappa shape index (κ2) is 6.09. The van der Waals surface area contributed by atoms with Crippen LogP contribution in [-0.4, -0.2) is 34.2 Å². The summed E-state index contributed by atoms with van der Waals surface area (Å²) in [5.74, 6) is -0.700. The molecule has 0 aromatic heterocycles. The number of hydrogen-bond donors (Lipinski definition) is 2. The van der Waals surface area contributed by atoms with Gasteiger partial charge in [0.05, 0.1) is 18.4 Å². The van der Waals surface area contributed by atoms with Gasteiger partial charge in [-0.05, 0) is 18.2 Å². The molecule has 0 saturated heterocycles. The molecular formula is C10H11F3N2O4S. The molecule has 0 unspecified atom stereocenters. The Morgan fingerprint density at radius 1 is 1.35 bits per heavy atom. The van der Waals surface area contributed by atoms with Crippen LogP contribution in [0.15, 0.2) is 24.3 Å². The van der Waals surface area contributed by atoms with Gasteiger partial charge in [0.1, 0.15) is 6.54 Å². The van der Waals surface area contributed by atoms with Crippen LogP contribution in [0.4, 0.5) is 18.9 Å². The van der Waals surface area contributed by atoms with E-state index >= 15 is 0 Å². The number of alkyl halides is 3. The average Bonchev–Trinajstić information content (AvgIpc) is 2.35. The first kappa shape index (κ1) is 16.2. The molecule has 20 heavy (non-hydrogen) atoms. The Labute approximate surface area is 113 Å². The van der Waals surface area contributed by atoms with Gasteiger partial charge in [-0.2, -0.15) is 26.3 Å². The zero-order chi connectivity index (χ0) is 15.4. The van der Waals surface area contributed by atoms with Crippen molar-refractivity contribution in [2.45, 2.75) is 6.18 Å². The number of rotatable bonds is 5. The number of halogens is 3. The third-order valence-electron chi connectivity index (χ3n) is 2.00. The molecule has 0 aliphatic carbocycles. The Hall–Kier alpha value is -1.81. The maximum absolute atomic E-state index is 11.9. The lowest BCUT2D eigenvalue weighted by atomic mass is 10.2. The normalized spacial score (nSPS) is 12.0. The Morgan fingerprint density at radius 3 is 2.55 bits per heavy atom. The number of hydrogen-bond acceptors (Lipinski definition) is 4. The van der Waals surface area contributed by atoms with E-state index in [0.717, 1.165) is 13.2 Å². The number of benzene rings is 1. The monoisotopic (exact) mass is 312 g/mol. The van der Waals surface area contributed by atoms with Crippen LogP contribution in [0, 0.1) is 0 Å². The number of ether oxygens (including phenoxy) is 1. The number of esters is 1. The Balaban J connectivity index is 2.80. The van der Waals surface area contributed by atoms with Gasteiger partial charge in [0.15, 0.2) is 0 Å². The highest BCUT2D eigenvalue weighted by molar-refractivity contribution is 7.90. The standard InChI is InChI=1S/C10H11F3N2O4S/c1-19-9(16)7-3-2-4-8(5-7)15-20(17,18)14-6-10(11,12)13/h2-5,14-15H,6H2,1H3. The molecule has 1 rings (SSSR count). The fourth-order valence-corrected chi connectivity index (χ4v) is 2.06. The Kier molecular flexibility index (Phi) is 4.95. The second-order valence-electron chi connectivity index (χ2n) is 3.61. The van der Waals surface area contributed by atoms with Gasteiger partial charge in [-0.1, -0.05) is 6.07 Å². The van der Waals surface area contributed by atoms with E-state index in [1.165, 1.54) is 22.9 Å². The maximum Gasteiger partial charge on any atom is 0.402 e. The molecule has 6 nitrogen and oxygen atoms in total. The molecule has 0 spiro atoms. The summed E-state index contributed by atoms with van der Waals surface area (Å²) < 4.78 is 66.1. The second-order valence-corrected chi connectivity index (χ2v) is 5.11. The highest BCUT2D eigenvalue weighted by atomic mass is 32.2. The Bertz CT molecular complexity index is 586. The summed E-state index contributed by atoms with van der Waals surface area (Å²) in [6.07, 6.45) is -4.66. The maximum atomic E-state index is 11.9. The summed E-state index contributed by atoms with van der Waals surface area (Å²) in [7, 11) is -3.25. The Morgan fingerprint density at radius 2 is 2.00 bits per heavy atom. The lowest BCUT2D eigenvalue weighted by molar-refractivity contribution is -0.121. The smallest absolute Gasteiger partial charge is 0.402 e. The minimum Gasteiger partial charge on any atom is -0.465 e. The highest BCUT2D eigenvalue weighted by Gasteiger charge is 2.29.